The summed E-state index contributed by atoms with van der Waals surface area (Å²) in [7, 11) is 2.05. The number of Topliss-reactive ketones (excluding diaryl/α,β-unsaturated/α-hetero) is 1. The van der Waals surface area contributed by atoms with Crippen LogP contribution < -0.4 is 24.0 Å². The third-order valence-electron chi connectivity index (χ3n) is 3.85. The Hall–Kier alpha value is -0.500. The molecule has 0 aromatic carbocycles. The summed E-state index contributed by atoms with van der Waals surface area (Å²) in [4.78, 5) is 35.9. The Bertz CT molecular complexity index is 338. The lowest BCUT2D eigenvalue weighted by Gasteiger charge is -2.31. The first-order valence-electron chi connectivity index (χ1n) is 6.60. The topological polar surface area (TPSA) is 54.5 Å². The maximum absolute atomic E-state index is 11.9. The van der Waals surface area contributed by atoms with E-state index < -0.39 is 0 Å². The van der Waals surface area contributed by atoms with Crippen molar-refractivity contribution < 1.29 is 42.8 Å². The molecule has 0 aromatic heterocycles. The molecule has 0 aromatic rings. The van der Waals surface area contributed by atoms with Gasteiger partial charge in [-0.2, -0.15) is 0 Å². The number of hydrogen-bond donors (Lipinski definition) is 0. The second-order valence-electron chi connectivity index (χ2n) is 5.14. The van der Waals surface area contributed by atoms with Crippen LogP contribution in [-0.2, 0) is 14.4 Å². The number of nitrogens with zero attached hydrogens (tertiary/aromatic N) is 2. The van der Waals surface area contributed by atoms with Crippen molar-refractivity contribution in [1.82, 2.24) is 4.90 Å². The van der Waals surface area contributed by atoms with Gasteiger partial charge in [0, 0.05) is 25.8 Å². The van der Waals surface area contributed by atoms with Gasteiger partial charge in [0.1, 0.15) is 6.54 Å². The van der Waals surface area contributed by atoms with Gasteiger partial charge in [0.25, 0.3) is 0 Å². The van der Waals surface area contributed by atoms with Crippen LogP contribution in [0.1, 0.15) is 33.1 Å². The van der Waals surface area contributed by atoms with Crippen LogP contribution in [0.3, 0.4) is 0 Å². The minimum Gasteiger partial charge on any atom is -1.00 e. The third kappa shape index (κ3) is 5.18. The number of quaternary nitrogens is 1. The van der Waals surface area contributed by atoms with E-state index in [1.807, 2.05) is 7.05 Å². The molecule has 1 aliphatic heterocycles. The van der Waals surface area contributed by atoms with Gasteiger partial charge in [-0.1, -0.05) is 0 Å². The molecule has 1 rings (SSSR count). The van der Waals surface area contributed by atoms with E-state index in [0.717, 1.165) is 13.1 Å². The van der Waals surface area contributed by atoms with E-state index >= 15 is 0 Å². The number of likely N-dealkylation sites (tertiary alicyclic amines) is 1. The van der Waals surface area contributed by atoms with E-state index in [1.54, 1.807) is 0 Å². The third-order valence-corrected chi connectivity index (χ3v) is 3.85. The van der Waals surface area contributed by atoms with Gasteiger partial charge in [-0.3, -0.25) is 19.3 Å². The van der Waals surface area contributed by atoms with Crippen LogP contribution in [0.5, 0.6) is 0 Å². The highest BCUT2D eigenvalue weighted by atomic mass is 127. The molecule has 1 fully saturated rings. The quantitative estimate of drug-likeness (QED) is 0.280. The first-order chi connectivity index (χ1) is 8.41. The highest BCUT2D eigenvalue weighted by Gasteiger charge is 2.29. The summed E-state index contributed by atoms with van der Waals surface area (Å²) < 4.78 is 0.709. The van der Waals surface area contributed by atoms with Crippen molar-refractivity contribution in [1.29, 1.82) is 0 Å². The Morgan fingerprint density at radius 3 is 2.05 bits per heavy atom. The number of imide groups is 1. The molecule has 0 unspecified atom stereocenters. The summed E-state index contributed by atoms with van der Waals surface area (Å²) in [5, 5.41) is 0. The first-order valence-corrected chi connectivity index (χ1v) is 6.60. The molecule has 19 heavy (non-hydrogen) atoms. The standard InChI is InChI=1S/C13H23N2O3.HI/c1-4-15(3,5-2)10-11(16)8-9-14-12(17)6-7-13(14)18;/h4-10H2,1-3H3;1H/q+1;/p-1. The molecule has 0 saturated carbocycles. The molecular formula is C13H23IN2O3. The lowest BCUT2D eigenvalue weighted by molar-refractivity contribution is -0.898. The normalized spacial score (nSPS) is 15.6. The fourth-order valence-corrected chi connectivity index (χ4v) is 2.06. The Morgan fingerprint density at radius 1 is 1.16 bits per heavy atom. The van der Waals surface area contributed by atoms with E-state index in [-0.39, 0.29) is 54.5 Å². The van der Waals surface area contributed by atoms with Crippen LogP contribution in [0, 0.1) is 0 Å². The average Bonchev–Trinajstić information content (AvgIpc) is 2.66. The number of rotatable bonds is 7. The van der Waals surface area contributed by atoms with Crippen molar-refractivity contribution in [3.05, 3.63) is 0 Å². The number of ketones is 1. The van der Waals surface area contributed by atoms with Crippen LogP contribution >= 0.6 is 0 Å². The monoisotopic (exact) mass is 382 g/mol. The molecule has 1 aliphatic rings. The van der Waals surface area contributed by atoms with Crippen molar-refractivity contribution in [2.45, 2.75) is 33.1 Å². The number of likely N-dealkylation sites (N-methyl/N-ethyl adjacent to an activating group) is 1. The fraction of sp³-hybridized carbons (Fsp3) is 0.769. The summed E-state index contributed by atoms with van der Waals surface area (Å²) in [5.74, 6) is -0.166. The minimum atomic E-state index is -0.143. The molecule has 0 N–H and O–H groups in total. The Labute approximate surface area is 131 Å². The number of halogens is 1. The van der Waals surface area contributed by atoms with Crippen molar-refractivity contribution >= 4 is 17.6 Å². The Morgan fingerprint density at radius 2 is 1.63 bits per heavy atom. The van der Waals surface area contributed by atoms with E-state index in [4.69, 9.17) is 0 Å². The molecule has 0 spiro atoms. The van der Waals surface area contributed by atoms with Gasteiger partial charge in [-0.25, -0.2) is 0 Å². The molecular weight excluding hydrogens is 359 g/mol. The highest BCUT2D eigenvalue weighted by molar-refractivity contribution is 6.02. The smallest absolute Gasteiger partial charge is 0.229 e. The Kier molecular flexibility index (Phi) is 7.73. The summed E-state index contributed by atoms with van der Waals surface area (Å²) in [5.41, 5.74) is 0. The summed E-state index contributed by atoms with van der Waals surface area (Å²) in [6, 6.07) is 0. The van der Waals surface area contributed by atoms with Gasteiger partial charge in [0.2, 0.25) is 11.8 Å². The zero-order valence-corrected chi connectivity index (χ0v) is 14.1. The van der Waals surface area contributed by atoms with E-state index in [0.29, 0.717) is 23.9 Å². The van der Waals surface area contributed by atoms with Crippen LogP contribution in [0.2, 0.25) is 0 Å². The molecule has 0 aliphatic carbocycles. The van der Waals surface area contributed by atoms with Gasteiger partial charge in [0.15, 0.2) is 5.78 Å². The molecule has 6 heteroatoms. The summed E-state index contributed by atoms with van der Waals surface area (Å²) in [6.45, 7) is 6.66. The summed E-state index contributed by atoms with van der Waals surface area (Å²) >= 11 is 0. The van der Waals surface area contributed by atoms with Crippen molar-refractivity contribution in [2.24, 2.45) is 0 Å². The SMILES string of the molecule is CC[N+](C)(CC)CC(=O)CCN1C(=O)CCC1=O.[I-]. The second kappa shape index (κ2) is 7.94. The van der Waals surface area contributed by atoms with Crippen LogP contribution in [0.25, 0.3) is 0 Å². The number of amides is 2. The lowest BCUT2D eigenvalue weighted by atomic mass is 10.2. The van der Waals surface area contributed by atoms with Crippen molar-refractivity contribution in [3.8, 4) is 0 Å². The number of carbonyl (C=O) groups excluding carboxylic acids is 3. The number of carbonyl (C=O) groups is 3. The molecule has 2 amide bonds. The number of hydrogen-bond acceptors (Lipinski definition) is 3. The average molecular weight is 382 g/mol. The van der Waals surface area contributed by atoms with Gasteiger partial charge >= 0.3 is 0 Å². The zero-order chi connectivity index (χ0) is 13.8. The predicted octanol–water partition coefficient (Wildman–Crippen LogP) is -2.41. The highest BCUT2D eigenvalue weighted by Crippen LogP contribution is 2.12. The van der Waals surface area contributed by atoms with Crippen LogP contribution in [0.4, 0.5) is 0 Å². The van der Waals surface area contributed by atoms with Gasteiger partial charge < -0.3 is 28.5 Å². The van der Waals surface area contributed by atoms with Crippen molar-refractivity contribution in [3.63, 3.8) is 0 Å². The lowest BCUT2D eigenvalue weighted by Crippen LogP contribution is -3.00. The van der Waals surface area contributed by atoms with Gasteiger partial charge in [-0.05, 0) is 13.8 Å². The van der Waals surface area contributed by atoms with E-state index in [1.165, 1.54) is 4.90 Å². The van der Waals surface area contributed by atoms with Crippen molar-refractivity contribution in [2.75, 3.05) is 33.2 Å². The molecule has 110 valence electrons. The zero-order valence-electron chi connectivity index (χ0n) is 11.9. The molecule has 1 heterocycles. The molecule has 1 saturated heterocycles. The Balaban J connectivity index is 0.00000324. The minimum absolute atomic E-state index is 0. The molecule has 0 bridgehead atoms. The van der Waals surface area contributed by atoms with Gasteiger partial charge in [0.05, 0.1) is 20.1 Å². The van der Waals surface area contributed by atoms with Crippen LogP contribution in [0.15, 0.2) is 0 Å². The molecule has 0 atom stereocenters. The largest absolute Gasteiger partial charge is 1.00 e. The first kappa shape index (κ1) is 18.5. The maximum atomic E-state index is 11.9. The predicted molar refractivity (Wildman–Crippen MR) is 67.7 cm³/mol. The molecule has 0 radical (unpaired) electrons. The van der Waals surface area contributed by atoms with E-state index in [9.17, 15) is 14.4 Å². The fourth-order valence-electron chi connectivity index (χ4n) is 2.06. The second-order valence-corrected chi connectivity index (χ2v) is 5.14. The van der Waals surface area contributed by atoms with Gasteiger partial charge in [-0.15, -0.1) is 0 Å². The van der Waals surface area contributed by atoms with Crippen LogP contribution in [-0.4, -0.2) is 60.2 Å². The molecule has 5 nitrogen and oxygen atoms in total. The van der Waals surface area contributed by atoms with E-state index in [2.05, 4.69) is 13.8 Å². The maximum Gasteiger partial charge on any atom is 0.229 e. The summed E-state index contributed by atoms with van der Waals surface area (Å²) in [6.07, 6.45) is 0.876.